The summed E-state index contributed by atoms with van der Waals surface area (Å²) in [5.74, 6) is 0. The van der Waals surface area contributed by atoms with Gasteiger partial charge in [-0.1, -0.05) is 48.0 Å². The number of amides is 2. The molecule has 132 valence electrons. The third-order valence-electron chi connectivity index (χ3n) is 4.82. The Labute approximate surface area is 150 Å². The van der Waals surface area contributed by atoms with Gasteiger partial charge in [-0.2, -0.15) is 0 Å². The SMILES string of the molecule is Cc1ccc(NC(=O)N[C@H](C)[C@H](c2ccccc2)N2CCCC2)cc1. The Balaban J connectivity index is 1.68. The van der Waals surface area contributed by atoms with Gasteiger partial charge in [0.25, 0.3) is 0 Å². The molecule has 0 radical (unpaired) electrons. The molecule has 1 aliphatic rings. The molecule has 2 aromatic rings. The number of urea groups is 1. The van der Waals surface area contributed by atoms with E-state index in [0.717, 1.165) is 18.8 Å². The lowest BCUT2D eigenvalue weighted by Crippen LogP contribution is -2.45. The first-order valence-corrected chi connectivity index (χ1v) is 9.06. The van der Waals surface area contributed by atoms with E-state index in [-0.39, 0.29) is 18.1 Å². The smallest absolute Gasteiger partial charge is 0.319 e. The van der Waals surface area contributed by atoms with Crippen molar-refractivity contribution in [1.29, 1.82) is 0 Å². The number of hydrogen-bond acceptors (Lipinski definition) is 2. The predicted octanol–water partition coefficient (Wildman–Crippen LogP) is 4.34. The Kier molecular flexibility index (Phi) is 5.71. The molecule has 0 unspecified atom stereocenters. The lowest BCUT2D eigenvalue weighted by Gasteiger charge is -2.33. The Bertz CT molecular complexity index is 678. The number of nitrogens with zero attached hydrogens (tertiary/aromatic N) is 1. The van der Waals surface area contributed by atoms with Gasteiger partial charge in [-0.3, -0.25) is 4.90 Å². The fourth-order valence-corrected chi connectivity index (χ4v) is 3.58. The Morgan fingerprint density at radius 2 is 1.64 bits per heavy atom. The Morgan fingerprint density at radius 3 is 2.28 bits per heavy atom. The summed E-state index contributed by atoms with van der Waals surface area (Å²) in [5, 5.41) is 6.06. The highest BCUT2D eigenvalue weighted by Crippen LogP contribution is 2.28. The Morgan fingerprint density at radius 1 is 1.00 bits per heavy atom. The van der Waals surface area contributed by atoms with Crippen LogP contribution in [0.25, 0.3) is 0 Å². The van der Waals surface area contributed by atoms with E-state index < -0.39 is 0 Å². The molecule has 0 aliphatic carbocycles. The maximum atomic E-state index is 12.4. The average molecular weight is 337 g/mol. The summed E-state index contributed by atoms with van der Waals surface area (Å²) in [4.78, 5) is 14.9. The van der Waals surface area contributed by atoms with E-state index in [1.54, 1.807) is 0 Å². The monoisotopic (exact) mass is 337 g/mol. The Hall–Kier alpha value is -2.33. The van der Waals surface area contributed by atoms with Crippen LogP contribution in [0.3, 0.4) is 0 Å². The molecule has 0 spiro atoms. The van der Waals surface area contributed by atoms with Gasteiger partial charge in [-0.15, -0.1) is 0 Å². The number of anilines is 1. The predicted molar refractivity (Wildman–Crippen MR) is 103 cm³/mol. The number of carbonyl (C=O) groups excluding carboxylic acids is 1. The van der Waals surface area contributed by atoms with Gasteiger partial charge in [0, 0.05) is 11.7 Å². The summed E-state index contributed by atoms with van der Waals surface area (Å²) in [6, 6.07) is 18.4. The van der Waals surface area contributed by atoms with Crippen molar-refractivity contribution < 1.29 is 4.79 Å². The van der Waals surface area contributed by atoms with Gasteiger partial charge in [0.2, 0.25) is 0 Å². The van der Waals surface area contributed by atoms with Crippen molar-refractivity contribution in [2.45, 2.75) is 38.8 Å². The van der Waals surface area contributed by atoms with Crippen molar-refractivity contribution in [1.82, 2.24) is 10.2 Å². The molecule has 2 aromatic carbocycles. The lowest BCUT2D eigenvalue weighted by molar-refractivity contribution is 0.197. The second-order valence-corrected chi connectivity index (χ2v) is 6.85. The van der Waals surface area contributed by atoms with Gasteiger partial charge in [0.05, 0.1) is 6.04 Å². The summed E-state index contributed by atoms with van der Waals surface area (Å²) in [5.41, 5.74) is 3.25. The van der Waals surface area contributed by atoms with Gasteiger partial charge in [0.1, 0.15) is 0 Å². The molecule has 4 heteroatoms. The van der Waals surface area contributed by atoms with Crippen LogP contribution >= 0.6 is 0 Å². The van der Waals surface area contributed by atoms with Crippen LogP contribution in [0.1, 0.15) is 36.9 Å². The first kappa shape index (κ1) is 17.5. The second-order valence-electron chi connectivity index (χ2n) is 6.85. The molecule has 0 bridgehead atoms. The summed E-state index contributed by atoms with van der Waals surface area (Å²) < 4.78 is 0. The molecule has 1 heterocycles. The molecular weight excluding hydrogens is 310 g/mol. The highest BCUT2D eigenvalue weighted by atomic mass is 16.2. The average Bonchev–Trinajstić information content (AvgIpc) is 3.12. The fraction of sp³-hybridized carbons (Fsp3) is 0.381. The molecular formula is C21H27N3O. The highest BCUT2D eigenvalue weighted by molar-refractivity contribution is 5.89. The van der Waals surface area contributed by atoms with Gasteiger partial charge in [-0.05, 0) is 57.5 Å². The lowest BCUT2D eigenvalue weighted by atomic mass is 9.99. The maximum absolute atomic E-state index is 12.4. The maximum Gasteiger partial charge on any atom is 0.319 e. The molecule has 2 atom stereocenters. The third kappa shape index (κ3) is 4.60. The number of carbonyl (C=O) groups is 1. The van der Waals surface area contributed by atoms with Crippen LogP contribution in [-0.4, -0.2) is 30.1 Å². The van der Waals surface area contributed by atoms with Crippen LogP contribution in [0.5, 0.6) is 0 Å². The first-order chi connectivity index (χ1) is 12.1. The molecule has 2 amide bonds. The zero-order chi connectivity index (χ0) is 17.6. The van der Waals surface area contributed by atoms with E-state index in [4.69, 9.17) is 0 Å². The molecule has 4 nitrogen and oxygen atoms in total. The number of rotatable bonds is 5. The number of aryl methyl sites for hydroxylation is 1. The normalized spacial score (nSPS) is 17.0. The molecule has 1 saturated heterocycles. The summed E-state index contributed by atoms with van der Waals surface area (Å²) in [6.45, 7) is 6.30. The molecule has 0 aromatic heterocycles. The topological polar surface area (TPSA) is 44.4 Å². The number of nitrogens with one attached hydrogen (secondary N) is 2. The number of benzene rings is 2. The molecule has 1 fully saturated rings. The van der Waals surface area contributed by atoms with E-state index in [9.17, 15) is 4.79 Å². The zero-order valence-electron chi connectivity index (χ0n) is 15.0. The molecule has 2 N–H and O–H groups in total. The van der Waals surface area contributed by atoms with Crippen molar-refractivity contribution in [3.8, 4) is 0 Å². The minimum absolute atomic E-state index is 0.0194. The van der Waals surface area contributed by atoms with Crippen molar-refractivity contribution in [3.63, 3.8) is 0 Å². The van der Waals surface area contributed by atoms with Gasteiger partial charge >= 0.3 is 6.03 Å². The summed E-state index contributed by atoms with van der Waals surface area (Å²) >= 11 is 0. The van der Waals surface area contributed by atoms with E-state index in [2.05, 4.69) is 46.7 Å². The molecule has 3 rings (SSSR count). The van der Waals surface area contributed by atoms with Gasteiger partial charge in [-0.25, -0.2) is 4.79 Å². The van der Waals surface area contributed by atoms with Crippen LogP contribution in [0.2, 0.25) is 0 Å². The van der Waals surface area contributed by atoms with Crippen molar-refractivity contribution in [2.24, 2.45) is 0 Å². The summed E-state index contributed by atoms with van der Waals surface area (Å²) in [7, 11) is 0. The molecule has 25 heavy (non-hydrogen) atoms. The second kappa shape index (κ2) is 8.17. The summed E-state index contributed by atoms with van der Waals surface area (Å²) in [6.07, 6.45) is 2.46. The third-order valence-corrected chi connectivity index (χ3v) is 4.82. The van der Waals surface area contributed by atoms with E-state index >= 15 is 0 Å². The number of hydrogen-bond donors (Lipinski definition) is 2. The fourth-order valence-electron chi connectivity index (χ4n) is 3.58. The van der Waals surface area contributed by atoms with Gasteiger partial charge < -0.3 is 10.6 Å². The van der Waals surface area contributed by atoms with E-state index in [1.807, 2.05) is 37.3 Å². The van der Waals surface area contributed by atoms with E-state index in [0.29, 0.717) is 0 Å². The van der Waals surface area contributed by atoms with Crippen molar-refractivity contribution in [2.75, 3.05) is 18.4 Å². The van der Waals surface area contributed by atoms with Crippen LogP contribution in [-0.2, 0) is 0 Å². The largest absolute Gasteiger partial charge is 0.333 e. The minimum Gasteiger partial charge on any atom is -0.333 e. The van der Waals surface area contributed by atoms with Crippen LogP contribution in [0.4, 0.5) is 10.5 Å². The zero-order valence-corrected chi connectivity index (χ0v) is 15.0. The van der Waals surface area contributed by atoms with Crippen molar-refractivity contribution >= 4 is 11.7 Å². The molecule has 1 aliphatic heterocycles. The van der Waals surface area contributed by atoms with Gasteiger partial charge in [0.15, 0.2) is 0 Å². The first-order valence-electron chi connectivity index (χ1n) is 9.06. The quantitative estimate of drug-likeness (QED) is 0.852. The highest BCUT2D eigenvalue weighted by Gasteiger charge is 2.29. The van der Waals surface area contributed by atoms with Crippen LogP contribution < -0.4 is 10.6 Å². The standard InChI is InChI=1S/C21H27N3O/c1-16-10-12-19(13-11-16)23-21(25)22-17(2)20(24-14-6-7-15-24)18-8-4-3-5-9-18/h3-5,8-13,17,20H,6-7,14-15H2,1-2H3,(H2,22,23,25)/t17-,20-/m1/s1. The van der Waals surface area contributed by atoms with Crippen molar-refractivity contribution in [3.05, 3.63) is 65.7 Å². The van der Waals surface area contributed by atoms with Crippen LogP contribution in [0, 0.1) is 6.92 Å². The van der Waals surface area contributed by atoms with E-state index in [1.165, 1.54) is 24.0 Å². The van der Waals surface area contributed by atoms with Crippen LogP contribution in [0.15, 0.2) is 54.6 Å². The minimum atomic E-state index is -0.156. The number of likely N-dealkylation sites (tertiary alicyclic amines) is 1. The molecule has 0 saturated carbocycles.